The lowest BCUT2D eigenvalue weighted by Gasteiger charge is -2.12. The molecular weight excluding hydrogens is 202 g/mol. The molecular formula is C13H19NO2. The van der Waals surface area contributed by atoms with Crippen LogP contribution in [0.5, 0.6) is 0 Å². The van der Waals surface area contributed by atoms with Crippen LogP contribution in [0.25, 0.3) is 0 Å². The lowest BCUT2D eigenvalue weighted by atomic mass is 9.94. The van der Waals surface area contributed by atoms with Crippen molar-refractivity contribution >= 4 is 5.78 Å². The molecule has 3 nitrogen and oxygen atoms in total. The van der Waals surface area contributed by atoms with Gasteiger partial charge in [0.05, 0.1) is 0 Å². The van der Waals surface area contributed by atoms with E-state index in [0.29, 0.717) is 6.61 Å². The van der Waals surface area contributed by atoms with Gasteiger partial charge in [0.15, 0.2) is 5.78 Å². The van der Waals surface area contributed by atoms with Gasteiger partial charge in [-0.25, -0.2) is 0 Å². The summed E-state index contributed by atoms with van der Waals surface area (Å²) in [6.45, 7) is 4.61. The van der Waals surface area contributed by atoms with E-state index in [2.05, 4.69) is 4.98 Å². The van der Waals surface area contributed by atoms with Crippen molar-refractivity contribution in [2.24, 2.45) is 5.92 Å². The van der Waals surface area contributed by atoms with Crippen molar-refractivity contribution in [3.05, 3.63) is 29.6 Å². The van der Waals surface area contributed by atoms with Crippen molar-refractivity contribution in [1.82, 2.24) is 4.98 Å². The Morgan fingerprint density at radius 2 is 2.31 bits per heavy atom. The molecule has 0 amide bonds. The maximum Gasteiger partial charge on any atom is 0.166 e. The summed E-state index contributed by atoms with van der Waals surface area (Å²) in [4.78, 5) is 16.2. The molecule has 0 N–H and O–H groups in total. The van der Waals surface area contributed by atoms with E-state index >= 15 is 0 Å². The number of ether oxygens (including phenoxy) is 1. The number of aromatic nitrogens is 1. The van der Waals surface area contributed by atoms with E-state index < -0.39 is 0 Å². The molecule has 16 heavy (non-hydrogen) atoms. The summed E-state index contributed by atoms with van der Waals surface area (Å²) < 4.78 is 4.99. The Hall–Kier alpha value is -1.22. The van der Waals surface area contributed by atoms with E-state index in [1.54, 1.807) is 19.5 Å². The third-order valence-electron chi connectivity index (χ3n) is 2.75. The molecule has 3 heteroatoms. The maximum atomic E-state index is 12.1. The number of Topliss-reactive ketones (excluding diaryl/α,β-unsaturated/α-hetero) is 1. The van der Waals surface area contributed by atoms with Gasteiger partial charge >= 0.3 is 0 Å². The van der Waals surface area contributed by atoms with E-state index in [1.165, 1.54) is 0 Å². The number of nitrogens with zero attached hydrogens (tertiary/aromatic N) is 1. The fourth-order valence-corrected chi connectivity index (χ4v) is 1.64. The Kier molecular flexibility index (Phi) is 5.12. The van der Waals surface area contributed by atoms with Crippen LogP contribution in [-0.2, 0) is 11.2 Å². The number of methoxy groups -OCH3 is 1. The molecule has 0 spiro atoms. The molecule has 0 aliphatic heterocycles. The molecule has 0 aliphatic rings. The van der Waals surface area contributed by atoms with E-state index in [0.717, 1.165) is 24.0 Å². The molecule has 0 aliphatic carbocycles. The molecule has 0 radical (unpaired) electrons. The van der Waals surface area contributed by atoms with Crippen LogP contribution in [0.15, 0.2) is 18.5 Å². The largest absolute Gasteiger partial charge is 0.385 e. The van der Waals surface area contributed by atoms with Crippen LogP contribution in [0.4, 0.5) is 0 Å². The van der Waals surface area contributed by atoms with Gasteiger partial charge in [-0.3, -0.25) is 9.78 Å². The van der Waals surface area contributed by atoms with Crippen LogP contribution in [0.2, 0.25) is 0 Å². The molecule has 0 saturated carbocycles. The Morgan fingerprint density at radius 1 is 1.56 bits per heavy atom. The summed E-state index contributed by atoms with van der Waals surface area (Å²) in [7, 11) is 1.65. The highest BCUT2D eigenvalue weighted by molar-refractivity contribution is 5.98. The van der Waals surface area contributed by atoms with E-state index in [4.69, 9.17) is 4.74 Å². The van der Waals surface area contributed by atoms with E-state index in [9.17, 15) is 4.79 Å². The zero-order valence-electron chi connectivity index (χ0n) is 10.2. The quantitative estimate of drug-likeness (QED) is 0.693. The smallest absolute Gasteiger partial charge is 0.166 e. The molecule has 1 aromatic heterocycles. The lowest BCUT2D eigenvalue weighted by molar-refractivity contribution is 0.0892. The van der Waals surface area contributed by atoms with Crippen molar-refractivity contribution in [3.63, 3.8) is 0 Å². The monoisotopic (exact) mass is 221 g/mol. The average Bonchev–Trinajstić information content (AvgIpc) is 2.34. The number of hydrogen-bond acceptors (Lipinski definition) is 3. The van der Waals surface area contributed by atoms with Crippen molar-refractivity contribution in [2.75, 3.05) is 13.7 Å². The Bertz CT molecular complexity index is 350. The topological polar surface area (TPSA) is 39.2 Å². The van der Waals surface area contributed by atoms with Crippen molar-refractivity contribution in [2.45, 2.75) is 26.7 Å². The van der Waals surface area contributed by atoms with Gasteiger partial charge < -0.3 is 4.74 Å². The standard InChI is InChI=1S/C13H19NO2/c1-4-11-9-14-7-5-12(11)13(15)10(2)6-8-16-3/h5,7,9-10H,4,6,8H2,1-3H3. The van der Waals surface area contributed by atoms with Crippen LogP contribution in [-0.4, -0.2) is 24.5 Å². The zero-order valence-corrected chi connectivity index (χ0v) is 10.2. The highest BCUT2D eigenvalue weighted by Crippen LogP contribution is 2.16. The highest BCUT2D eigenvalue weighted by atomic mass is 16.5. The predicted octanol–water partition coefficient (Wildman–Crippen LogP) is 2.50. The lowest BCUT2D eigenvalue weighted by Crippen LogP contribution is -2.15. The third kappa shape index (κ3) is 3.14. The number of hydrogen-bond donors (Lipinski definition) is 0. The fraction of sp³-hybridized carbons (Fsp3) is 0.538. The molecule has 1 aromatic rings. The SMILES string of the molecule is CCc1cnccc1C(=O)C(C)CCOC. The molecule has 0 bridgehead atoms. The maximum absolute atomic E-state index is 12.1. The average molecular weight is 221 g/mol. The first kappa shape index (κ1) is 12.8. The van der Waals surface area contributed by atoms with Gasteiger partial charge in [-0.2, -0.15) is 0 Å². The molecule has 0 saturated heterocycles. The van der Waals surface area contributed by atoms with Crippen molar-refractivity contribution in [1.29, 1.82) is 0 Å². The molecule has 1 heterocycles. The normalized spacial score (nSPS) is 12.4. The number of rotatable bonds is 6. The third-order valence-corrected chi connectivity index (χ3v) is 2.75. The van der Waals surface area contributed by atoms with Gasteiger partial charge in [0, 0.05) is 37.6 Å². The molecule has 0 aromatic carbocycles. The first-order chi connectivity index (χ1) is 7.70. The van der Waals surface area contributed by atoms with Crippen LogP contribution < -0.4 is 0 Å². The van der Waals surface area contributed by atoms with Gasteiger partial charge in [-0.15, -0.1) is 0 Å². The summed E-state index contributed by atoms with van der Waals surface area (Å²) in [5, 5.41) is 0. The van der Waals surface area contributed by atoms with Crippen molar-refractivity contribution < 1.29 is 9.53 Å². The van der Waals surface area contributed by atoms with Crippen LogP contribution >= 0.6 is 0 Å². The number of aryl methyl sites for hydroxylation is 1. The second-order valence-corrected chi connectivity index (χ2v) is 3.93. The number of pyridine rings is 1. The molecule has 1 rings (SSSR count). The summed E-state index contributed by atoms with van der Waals surface area (Å²) in [5.74, 6) is 0.198. The van der Waals surface area contributed by atoms with Crippen molar-refractivity contribution in [3.8, 4) is 0 Å². The number of carbonyl (C=O) groups excluding carboxylic acids is 1. The minimum atomic E-state index is 0.00708. The van der Waals surface area contributed by atoms with Gasteiger partial charge in [-0.05, 0) is 24.5 Å². The van der Waals surface area contributed by atoms with E-state index in [-0.39, 0.29) is 11.7 Å². The first-order valence-electron chi connectivity index (χ1n) is 5.66. The second kappa shape index (κ2) is 6.38. The molecule has 1 atom stereocenters. The van der Waals surface area contributed by atoms with Gasteiger partial charge in [0.2, 0.25) is 0 Å². The Labute approximate surface area is 96.8 Å². The summed E-state index contributed by atoms with van der Waals surface area (Å²) >= 11 is 0. The summed E-state index contributed by atoms with van der Waals surface area (Å²) in [6.07, 6.45) is 5.05. The van der Waals surface area contributed by atoms with Gasteiger partial charge in [0.1, 0.15) is 0 Å². The molecule has 1 unspecified atom stereocenters. The molecule has 0 fully saturated rings. The minimum absolute atomic E-state index is 0.00708. The Balaban J connectivity index is 2.79. The highest BCUT2D eigenvalue weighted by Gasteiger charge is 2.17. The Morgan fingerprint density at radius 3 is 2.94 bits per heavy atom. The van der Waals surface area contributed by atoms with Gasteiger partial charge in [0.25, 0.3) is 0 Å². The number of carbonyl (C=O) groups is 1. The van der Waals surface area contributed by atoms with Crippen LogP contribution in [0, 0.1) is 5.92 Å². The first-order valence-corrected chi connectivity index (χ1v) is 5.66. The fourth-order valence-electron chi connectivity index (χ4n) is 1.64. The molecule has 88 valence electrons. The van der Waals surface area contributed by atoms with Crippen LogP contribution in [0.3, 0.4) is 0 Å². The van der Waals surface area contributed by atoms with Crippen LogP contribution in [0.1, 0.15) is 36.2 Å². The minimum Gasteiger partial charge on any atom is -0.385 e. The zero-order chi connectivity index (χ0) is 12.0. The number of ketones is 1. The second-order valence-electron chi connectivity index (χ2n) is 3.93. The van der Waals surface area contributed by atoms with Gasteiger partial charge in [-0.1, -0.05) is 13.8 Å². The summed E-state index contributed by atoms with van der Waals surface area (Å²) in [5.41, 5.74) is 1.83. The summed E-state index contributed by atoms with van der Waals surface area (Å²) in [6, 6.07) is 1.81. The van der Waals surface area contributed by atoms with E-state index in [1.807, 2.05) is 19.9 Å². The predicted molar refractivity (Wildman–Crippen MR) is 63.6 cm³/mol.